The second kappa shape index (κ2) is 6.37. The Morgan fingerprint density at radius 3 is 2.48 bits per heavy atom. The highest BCUT2D eigenvalue weighted by Gasteiger charge is 2.25. The van der Waals surface area contributed by atoms with Crippen molar-refractivity contribution < 1.29 is 22.7 Å². The third-order valence-electron chi connectivity index (χ3n) is 3.41. The molecule has 0 aliphatic rings. The van der Waals surface area contributed by atoms with Gasteiger partial charge >= 0.3 is 5.97 Å². The summed E-state index contributed by atoms with van der Waals surface area (Å²) in [6, 6.07) is 9.15. The monoisotopic (exact) mass is 337 g/mol. The smallest absolute Gasteiger partial charge is 0.335 e. The summed E-state index contributed by atoms with van der Waals surface area (Å²) >= 11 is 0. The summed E-state index contributed by atoms with van der Waals surface area (Å²) in [5, 5.41) is 9.15. The molecule has 0 heterocycles. The first-order chi connectivity index (χ1) is 10.8. The summed E-state index contributed by atoms with van der Waals surface area (Å²) < 4.78 is 40.0. The topological polar surface area (TPSA) is 74.7 Å². The van der Waals surface area contributed by atoms with Gasteiger partial charge in [-0.15, -0.1) is 0 Å². The lowest BCUT2D eigenvalue weighted by Gasteiger charge is -2.23. The van der Waals surface area contributed by atoms with Crippen LogP contribution in [0, 0.1) is 12.7 Å². The standard InChI is InChI=1S/C16H16FNO4S/c1-3-18(13-6-4-5-12(17)9-13)23(21,22)14-8-7-11(2)15(10-14)16(19)20/h4-10H,3H2,1-2H3,(H,19,20). The van der Waals surface area contributed by atoms with Crippen LogP contribution in [0.2, 0.25) is 0 Å². The van der Waals surface area contributed by atoms with Crippen molar-refractivity contribution in [2.75, 3.05) is 10.8 Å². The van der Waals surface area contributed by atoms with E-state index in [4.69, 9.17) is 5.11 Å². The van der Waals surface area contributed by atoms with Gasteiger partial charge in [-0.1, -0.05) is 12.1 Å². The summed E-state index contributed by atoms with van der Waals surface area (Å²) in [6.45, 7) is 3.29. The number of benzene rings is 2. The normalized spacial score (nSPS) is 11.3. The van der Waals surface area contributed by atoms with Crippen LogP contribution in [0.5, 0.6) is 0 Å². The molecular weight excluding hydrogens is 321 g/mol. The molecule has 7 heteroatoms. The molecule has 0 aliphatic carbocycles. The second-order valence-corrected chi connectivity index (χ2v) is 6.79. The fourth-order valence-electron chi connectivity index (χ4n) is 2.24. The fourth-order valence-corrected chi connectivity index (χ4v) is 3.73. The van der Waals surface area contributed by atoms with Crippen molar-refractivity contribution in [3.63, 3.8) is 0 Å². The van der Waals surface area contributed by atoms with Crippen molar-refractivity contribution in [3.05, 3.63) is 59.4 Å². The molecule has 0 aliphatic heterocycles. The van der Waals surface area contributed by atoms with Crippen molar-refractivity contribution in [2.24, 2.45) is 0 Å². The van der Waals surface area contributed by atoms with Crippen molar-refractivity contribution in [2.45, 2.75) is 18.7 Å². The zero-order chi connectivity index (χ0) is 17.2. The Kier molecular flexibility index (Phi) is 4.70. The Morgan fingerprint density at radius 1 is 1.22 bits per heavy atom. The largest absolute Gasteiger partial charge is 0.478 e. The van der Waals surface area contributed by atoms with E-state index >= 15 is 0 Å². The fraction of sp³-hybridized carbons (Fsp3) is 0.188. The highest BCUT2D eigenvalue weighted by Crippen LogP contribution is 2.25. The number of rotatable bonds is 5. The molecule has 0 fully saturated rings. The molecule has 1 N–H and O–H groups in total. The van der Waals surface area contributed by atoms with Gasteiger partial charge in [-0.3, -0.25) is 4.31 Å². The maximum atomic E-state index is 13.4. The van der Waals surface area contributed by atoms with Gasteiger partial charge in [0, 0.05) is 6.54 Å². The molecule has 0 saturated heterocycles. The Hall–Kier alpha value is -2.41. The highest BCUT2D eigenvalue weighted by molar-refractivity contribution is 7.92. The van der Waals surface area contributed by atoms with Gasteiger partial charge in [0.1, 0.15) is 5.82 Å². The zero-order valence-electron chi connectivity index (χ0n) is 12.7. The highest BCUT2D eigenvalue weighted by atomic mass is 32.2. The van der Waals surface area contributed by atoms with Crippen LogP contribution in [0.4, 0.5) is 10.1 Å². The molecule has 0 amide bonds. The first-order valence-corrected chi connectivity index (χ1v) is 8.33. The van der Waals surface area contributed by atoms with E-state index < -0.39 is 21.8 Å². The Balaban J connectivity index is 2.56. The summed E-state index contributed by atoms with van der Waals surface area (Å²) in [4.78, 5) is 11.1. The van der Waals surface area contributed by atoms with Crippen LogP contribution in [-0.2, 0) is 10.0 Å². The van der Waals surface area contributed by atoms with Crippen molar-refractivity contribution in [3.8, 4) is 0 Å². The summed E-state index contributed by atoms with van der Waals surface area (Å²) in [6.07, 6.45) is 0. The van der Waals surface area contributed by atoms with Gasteiger partial charge in [-0.05, 0) is 49.7 Å². The molecule has 0 unspecified atom stereocenters. The van der Waals surface area contributed by atoms with Crippen LogP contribution in [0.1, 0.15) is 22.8 Å². The van der Waals surface area contributed by atoms with E-state index in [0.29, 0.717) is 5.56 Å². The number of carbonyl (C=O) groups is 1. The lowest BCUT2D eigenvalue weighted by Crippen LogP contribution is -2.31. The van der Waals surface area contributed by atoms with Crippen LogP contribution >= 0.6 is 0 Å². The maximum absolute atomic E-state index is 13.4. The molecule has 0 saturated carbocycles. The molecule has 0 atom stereocenters. The molecule has 5 nitrogen and oxygen atoms in total. The van der Waals surface area contributed by atoms with Gasteiger partial charge in [0.2, 0.25) is 0 Å². The number of aromatic carboxylic acids is 1. The number of carboxylic acid groups (broad SMARTS) is 1. The van der Waals surface area contributed by atoms with Gasteiger partial charge < -0.3 is 5.11 Å². The number of aryl methyl sites for hydroxylation is 1. The average molecular weight is 337 g/mol. The number of hydrogen-bond acceptors (Lipinski definition) is 3. The summed E-state index contributed by atoms with van der Waals surface area (Å²) in [5.74, 6) is -1.75. The molecule has 0 radical (unpaired) electrons. The number of anilines is 1. The quantitative estimate of drug-likeness (QED) is 0.910. The number of hydrogen-bond donors (Lipinski definition) is 1. The van der Waals surface area contributed by atoms with Gasteiger partial charge in [0.15, 0.2) is 0 Å². The van der Waals surface area contributed by atoms with Crippen LogP contribution in [-0.4, -0.2) is 26.0 Å². The molecule has 2 aromatic carbocycles. The third kappa shape index (κ3) is 3.34. The van der Waals surface area contributed by atoms with E-state index in [1.807, 2.05) is 0 Å². The summed E-state index contributed by atoms with van der Waals surface area (Å²) in [7, 11) is -3.99. The molecule has 23 heavy (non-hydrogen) atoms. The number of nitrogens with zero attached hydrogens (tertiary/aromatic N) is 1. The van der Waals surface area contributed by atoms with E-state index in [0.717, 1.165) is 16.4 Å². The van der Waals surface area contributed by atoms with E-state index in [-0.39, 0.29) is 22.7 Å². The van der Waals surface area contributed by atoms with Crippen LogP contribution < -0.4 is 4.31 Å². The molecule has 2 rings (SSSR count). The van der Waals surface area contributed by atoms with Crippen LogP contribution in [0.15, 0.2) is 47.4 Å². The number of halogens is 1. The van der Waals surface area contributed by atoms with Crippen LogP contribution in [0.3, 0.4) is 0 Å². The predicted molar refractivity (Wildman–Crippen MR) is 84.7 cm³/mol. The van der Waals surface area contributed by atoms with Gasteiger partial charge in [-0.25, -0.2) is 17.6 Å². The zero-order valence-corrected chi connectivity index (χ0v) is 13.5. The first-order valence-electron chi connectivity index (χ1n) is 6.89. The number of carboxylic acids is 1. The van der Waals surface area contributed by atoms with Gasteiger partial charge in [0.25, 0.3) is 10.0 Å². The minimum atomic E-state index is -3.99. The van der Waals surface area contributed by atoms with Crippen molar-refractivity contribution in [1.29, 1.82) is 0 Å². The molecule has 0 bridgehead atoms. The lowest BCUT2D eigenvalue weighted by atomic mass is 10.1. The van der Waals surface area contributed by atoms with E-state index in [1.165, 1.54) is 30.3 Å². The molecule has 0 aromatic heterocycles. The van der Waals surface area contributed by atoms with Gasteiger partial charge in [-0.2, -0.15) is 0 Å². The lowest BCUT2D eigenvalue weighted by molar-refractivity contribution is 0.0696. The average Bonchev–Trinajstić information content (AvgIpc) is 2.47. The van der Waals surface area contributed by atoms with Crippen molar-refractivity contribution in [1.82, 2.24) is 0 Å². The van der Waals surface area contributed by atoms with E-state index in [2.05, 4.69) is 0 Å². The predicted octanol–water partition coefficient (Wildman–Crippen LogP) is 3.05. The first kappa shape index (κ1) is 17.0. The Morgan fingerprint density at radius 2 is 1.91 bits per heavy atom. The maximum Gasteiger partial charge on any atom is 0.335 e. The third-order valence-corrected chi connectivity index (χ3v) is 5.31. The van der Waals surface area contributed by atoms with Crippen LogP contribution in [0.25, 0.3) is 0 Å². The Bertz CT molecular complexity index is 849. The number of sulfonamides is 1. The molecular formula is C16H16FNO4S. The summed E-state index contributed by atoms with van der Waals surface area (Å²) in [5.41, 5.74) is 0.566. The van der Waals surface area contributed by atoms with Crippen molar-refractivity contribution >= 4 is 21.7 Å². The van der Waals surface area contributed by atoms with E-state index in [9.17, 15) is 17.6 Å². The second-order valence-electron chi connectivity index (χ2n) is 4.93. The van der Waals surface area contributed by atoms with Gasteiger partial charge in [0.05, 0.1) is 16.1 Å². The molecule has 122 valence electrons. The molecule has 0 spiro atoms. The van der Waals surface area contributed by atoms with E-state index in [1.54, 1.807) is 13.8 Å². The molecule has 2 aromatic rings. The SMILES string of the molecule is CCN(c1cccc(F)c1)S(=O)(=O)c1ccc(C)c(C(=O)O)c1. The minimum Gasteiger partial charge on any atom is -0.478 e. The minimum absolute atomic E-state index is 0.0821. The Labute approximate surface area is 134 Å².